The molecule has 0 aliphatic rings. The molecule has 0 saturated carbocycles. The Morgan fingerprint density at radius 1 is 0.875 bits per heavy atom. The fourth-order valence-electron chi connectivity index (χ4n) is 3.29. The van der Waals surface area contributed by atoms with E-state index in [2.05, 4.69) is 0 Å². The first-order valence-electron chi connectivity index (χ1n) is 9.90. The van der Waals surface area contributed by atoms with Crippen LogP contribution in [0.4, 0.5) is 26.3 Å². The van der Waals surface area contributed by atoms with Crippen molar-refractivity contribution >= 4 is 23.2 Å². The van der Waals surface area contributed by atoms with E-state index in [1.165, 1.54) is 4.90 Å². The van der Waals surface area contributed by atoms with E-state index in [1.54, 1.807) is 18.2 Å². The van der Waals surface area contributed by atoms with E-state index in [0.29, 0.717) is 28.6 Å². The Kier molecular flexibility index (Phi) is 8.90. The van der Waals surface area contributed by atoms with E-state index in [4.69, 9.17) is 23.2 Å². The number of hydrogen-bond acceptors (Lipinski definition) is 2. The first-order valence-corrected chi connectivity index (χ1v) is 10.7. The normalized spacial score (nSPS) is 14.6. The molecule has 1 N–H and O–H groups in total. The van der Waals surface area contributed by atoms with E-state index < -0.39 is 35.3 Å². The van der Waals surface area contributed by atoms with Gasteiger partial charge in [-0.25, -0.2) is 0 Å². The highest BCUT2D eigenvalue weighted by Crippen LogP contribution is 2.38. The third-order valence-electron chi connectivity index (χ3n) is 5.07. The number of unbranched alkanes of at least 4 members (excludes halogenated alkanes) is 1. The van der Waals surface area contributed by atoms with Gasteiger partial charge in [-0.1, -0.05) is 49.5 Å². The topological polar surface area (TPSA) is 23.5 Å². The van der Waals surface area contributed by atoms with Gasteiger partial charge in [-0.2, -0.15) is 26.3 Å². The molecule has 0 amide bonds. The predicted octanol–water partition coefficient (Wildman–Crippen LogP) is 7.93. The van der Waals surface area contributed by atoms with E-state index >= 15 is 0 Å². The van der Waals surface area contributed by atoms with Gasteiger partial charge >= 0.3 is 12.4 Å². The van der Waals surface area contributed by atoms with Gasteiger partial charge in [-0.05, 0) is 53.8 Å². The van der Waals surface area contributed by atoms with Crippen LogP contribution in [-0.4, -0.2) is 23.1 Å². The number of aliphatic hydroxyl groups excluding tert-OH is 1. The molecule has 0 spiro atoms. The fourth-order valence-corrected chi connectivity index (χ4v) is 3.60. The lowest BCUT2D eigenvalue weighted by Crippen LogP contribution is -2.33. The average Bonchev–Trinajstić information content (AvgIpc) is 2.70. The van der Waals surface area contributed by atoms with Crippen molar-refractivity contribution in [2.75, 3.05) is 13.1 Å². The van der Waals surface area contributed by atoms with Crippen molar-refractivity contribution in [3.63, 3.8) is 0 Å². The van der Waals surface area contributed by atoms with E-state index in [9.17, 15) is 31.4 Å². The predicted molar refractivity (Wildman–Crippen MR) is 113 cm³/mol. The molecule has 0 bridgehead atoms. The molecule has 178 valence electrons. The number of benzene rings is 2. The molecular formula is C22H23Cl2F6NO. The van der Waals surface area contributed by atoms with E-state index in [-0.39, 0.29) is 25.1 Å². The molecule has 10 heteroatoms. The van der Waals surface area contributed by atoms with Crippen LogP contribution in [0, 0.1) is 0 Å². The van der Waals surface area contributed by atoms with Gasteiger partial charge < -0.3 is 5.11 Å². The summed E-state index contributed by atoms with van der Waals surface area (Å²) in [5.74, 6) is -0.232. The minimum Gasteiger partial charge on any atom is -0.374 e. The number of aliphatic hydroxyl groups is 1. The summed E-state index contributed by atoms with van der Waals surface area (Å²) in [7, 11) is 0. The Hall–Kier alpha value is -1.48. The summed E-state index contributed by atoms with van der Waals surface area (Å²) < 4.78 is 79.3. The second-order valence-electron chi connectivity index (χ2n) is 7.64. The molecule has 32 heavy (non-hydrogen) atoms. The minimum absolute atomic E-state index is 0.0466. The summed E-state index contributed by atoms with van der Waals surface area (Å²) in [5.41, 5.74) is -2.62. The smallest absolute Gasteiger partial charge is 0.374 e. The zero-order valence-corrected chi connectivity index (χ0v) is 18.9. The monoisotopic (exact) mass is 501 g/mol. The van der Waals surface area contributed by atoms with Gasteiger partial charge in [0.05, 0.1) is 21.2 Å². The van der Waals surface area contributed by atoms with Gasteiger partial charge in [0, 0.05) is 13.1 Å². The van der Waals surface area contributed by atoms with Gasteiger partial charge in [0.25, 0.3) is 0 Å². The highest BCUT2D eigenvalue weighted by atomic mass is 35.5. The highest BCUT2D eigenvalue weighted by molar-refractivity contribution is 6.42. The Morgan fingerprint density at radius 3 is 1.91 bits per heavy atom. The molecule has 2 atom stereocenters. The third kappa shape index (κ3) is 7.01. The second kappa shape index (κ2) is 10.6. The fraction of sp³-hybridized carbons (Fsp3) is 0.455. The summed E-state index contributed by atoms with van der Waals surface area (Å²) in [6, 6.07) is 6.14. The number of hydrogen-bond donors (Lipinski definition) is 1. The summed E-state index contributed by atoms with van der Waals surface area (Å²) in [6.45, 7) is 4.16. The van der Waals surface area contributed by atoms with Crippen LogP contribution in [0.25, 0.3) is 0 Å². The lowest BCUT2D eigenvalue weighted by molar-refractivity contribution is -0.143. The molecule has 0 aromatic heterocycles. The van der Waals surface area contributed by atoms with Crippen molar-refractivity contribution < 1.29 is 31.4 Å². The molecule has 0 saturated heterocycles. The maximum Gasteiger partial charge on any atom is 0.416 e. The quantitative estimate of drug-likeness (QED) is 0.293. The molecule has 2 nitrogen and oxygen atoms in total. The second-order valence-corrected chi connectivity index (χ2v) is 8.45. The minimum atomic E-state index is -4.99. The molecule has 2 aromatic carbocycles. The summed E-state index contributed by atoms with van der Waals surface area (Å²) in [5, 5.41) is 11.5. The Balaban J connectivity index is 2.41. The highest BCUT2D eigenvalue weighted by Gasteiger charge is 2.38. The van der Waals surface area contributed by atoms with Crippen molar-refractivity contribution in [3.8, 4) is 0 Å². The van der Waals surface area contributed by atoms with Crippen molar-refractivity contribution in [2.24, 2.45) is 0 Å². The maximum absolute atomic E-state index is 13.2. The van der Waals surface area contributed by atoms with Crippen LogP contribution in [0.3, 0.4) is 0 Å². The van der Waals surface area contributed by atoms with Crippen LogP contribution >= 0.6 is 23.2 Å². The van der Waals surface area contributed by atoms with Crippen LogP contribution in [-0.2, 0) is 12.4 Å². The van der Waals surface area contributed by atoms with Crippen LogP contribution in [0.2, 0.25) is 10.0 Å². The number of rotatable bonds is 8. The molecule has 0 radical (unpaired) electrons. The number of alkyl halides is 6. The van der Waals surface area contributed by atoms with Gasteiger partial charge in [0.15, 0.2) is 0 Å². The Bertz CT molecular complexity index is 884. The molecule has 2 rings (SSSR count). The lowest BCUT2D eigenvalue weighted by Gasteiger charge is -2.31. The van der Waals surface area contributed by atoms with Gasteiger partial charge in [0.1, 0.15) is 6.23 Å². The zero-order chi connectivity index (χ0) is 24.3. The van der Waals surface area contributed by atoms with E-state index in [0.717, 1.165) is 12.0 Å². The lowest BCUT2D eigenvalue weighted by atomic mass is 9.99. The standard InChI is InChI=1S/C22H23Cl2F6NO/c1-3-4-7-31(12-13(2)14-5-6-18(23)19(24)10-14)20(32)15-8-16(21(25,26)27)11-17(9-15)22(28,29)30/h5-6,8-11,13,20,32H,3-4,7,12H2,1-2H3. The first-order chi connectivity index (χ1) is 14.7. The van der Waals surface area contributed by atoms with Crippen molar-refractivity contribution in [3.05, 3.63) is 68.7 Å². The summed E-state index contributed by atoms with van der Waals surface area (Å²) in [4.78, 5) is 1.46. The molecule has 0 aliphatic carbocycles. The van der Waals surface area contributed by atoms with Gasteiger partial charge in [-0.15, -0.1) is 0 Å². The Morgan fingerprint density at radius 2 is 1.44 bits per heavy atom. The molecule has 2 aromatic rings. The van der Waals surface area contributed by atoms with Crippen LogP contribution in [0.15, 0.2) is 36.4 Å². The number of halogens is 8. The first kappa shape index (κ1) is 26.8. The van der Waals surface area contributed by atoms with E-state index in [1.807, 2.05) is 13.8 Å². The average molecular weight is 502 g/mol. The molecular weight excluding hydrogens is 479 g/mol. The summed E-state index contributed by atoms with van der Waals surface area (Å²) >= 11 is 12.0. The molecule has 2 unspecified atom stereocenters. The maximum atomic E-state index is 13.2. The van der Waals surface area contributed by atoms with Crippen LogP contribution < -0.4 is 0 Å². The molecule has 0 fully saturated rings. The van der Waals surface area contributed by atoms with Crippen LogP contribution in [0.1, 0.15) is 61.1 Å². The van der Waals surface area contributed by atoms with Crippen molar-refractivity contribution in [1.29, 1.82) is 0 Å². The summed E-state index contributed by atoms with van der Waals surface area (Å²) in [6.07, 6.45) is -10.3. The largest absolute Gasteiger partial charge is 0.416 e. The van der Waals surface area contributed by atoms with Gasteiger partial charge in [-0.3, -0.25) is 4.90 Å². The Labute approximate surface area is 192 Å². The molecule has 0 aliphatic heterocycles. The van der Waals surface area contributed by atoms with Gasteiger partial charge in [0.2, 0.25) is 0 Å². The third-order valence-corrected chi connectivity index (χ3v) is 5.81. The van der Waals surface area contributed by atoms with Crippen LogP contribution in [0.5, 0.6) is 0 Å². The zero-order valence-electron chi connectivity index (χ0n) is 17.4. The van der Waals surface area contributed by atoms with Crippen molar-refractivity contribution in [1.82, 2.24) is 4.90 Å². The molecule has 0 heterocycles. The number of nitrogens with zero attached hydrogens (tertiary/aromatic N) is 1. The SMILES string of the molecule is CCCCN(CC(C)c1ccc(Cl)c(Cl)c1)C(O)c1cc(C(F)(F)F)cc(C(F)(F)F)c1. The van der Waals surface area contributed by atoms with Crippen molar-refractivity contribution in [2.45, 2.75) is 51.2 Å².